The van der Waals surface area contributed by atoms with E-state index in [4.69, 9.17) is 0 Å². The van der Waals surface area contributed by atoms with E-state index in [2.05, 4.69) is 20.1 Å². The molecule has 8 nitrogen and oxygen atoms in total. The van der Waals surface area contributed by atoms with E-state index in [-0.39, 0.29) is 17.0 Å². The number of aliphatic hydroxyl groups is 1. The molecule has 1 atom stereocenters. The van der Waals surface area contributed by atoms with Crippen LogP contribution in [0.25, 0.3) is 16.9 Å². The van der Waals surface area contributed by atoms with Gasteiger partial charge in [0.25, 0.3) is 11.5 Å². The molecular formula is C22H22F2N4O4. The fourth-order valence-corrected chi connectivity index (χ4v) is 2.71. The average molecular weight is 444 g/mol. The highest BCUT2D eigenvalue weighted by molar-refractivity contribution is 5.95. The van der Waals surface area contributed by atoms with Crippen molar-refractivity contribution < 1.29 is 23.4 Å². The van der Waals surface area contributed by atoms with Crippen molar-refractivity contribution in [2.45, 2.75) is 39.0 Å². The first-order valence-corrected chi connectivity index (χ1v) is 9.69. The number of nitrogens with one attached hydrogen (secondary N) is 1. The van der Waals surface area contributed by atoms with Crippen molar-refractivity contribution in [1.82, 2.24) is 20.1 Å². The quantitative estimate of drug-likeness (QED) is 0.581. The number of ether oxygens (including phenoxy) is 1. The van der Waals surface area contributed by atoms with Crippen LogP contribution in [-0.2, 0) is 0 Å². The van der Waals surface area contributed by atoms with Crippen molar-refractivity contribution in [2.75, 3.05) is 0 Å². The Bertz CT molecular complexity index is 1140. The molecule has 2 N–H and O–H groups in total. The largest absolute Gasteiger partial charge is 0.435 e. The van der Waals surface area contributed by atoms with E-state index in [1.165, 1.54) is 56.6 Å². The zero-order valence-electron chi connectivity index (χ0n) is 17.6. The molecule has 1 amide bonds. The third-order valence-electron chi connectivity index (χ3n) is 4.83. The molecular weight excluding hydrogens is 422 g/mol. The molecule has 0 radical (unpaired) electrons. The second kappa shape index (κ2) is 9.23. The SMILES string of the molecule is CC(NC(=O)c1cc(-c2ccc(OC(F)F)cc2)nn(-c2cccnc2)c1=O)C(C)(C)O. The molecule has 168 valence electrons. The summed E-state index contributed by atoms with van der Waals surface area (Å²) in [6, 6.07) is 9.51. The van der Waals surface area contributed by atoms with Gasteiger partial charge in [0.05, 0.1) is 29.2 Å². The molecule has 32 heavy (non-hydrogen) atoms. The smallest absolute Gasteiger partial charge is 0.387 e. The number of carbonyl (C=O) groups is 1. The Morgan fingerprint density at radius 1 is 1.22 bits per heavy atom. The third kappa shape index (κ3) is 5.33. The second-order valence-electron chi connectivity index (χ2n) is 7.62. The van der Waals surface area contributed by atoms with Crippen molar-refractivity contribution in [3.8, 4) is 22.7 Å². The fourth-order valence-electron chi connectivity index (χ4n) is 2.71. The summed E-state index contributed by atoms with van der Waals surface area (Å²) < 4.78 is 30.2. The maximum Gasteiger partial charge on any atom is 0.387 e. The van der Waals surface area contributed by atoms with E-state index in [9.17, 15) is 23.5 Å². The van der Waals surface area contributed by atoms with Crippen LogP contribution in [0.15, 0.2) is 59.7 Å². The minimum atomic E-state index is -2.96. The van der Waals surface area contributed by atoms with Gasteiger partial charge in [0, 0.05) is 11.8 Å². The zero-order valence-corrected chi connectivity index (χ0v) is 17.6. The zero-order chi connectivity index (χ0) is 23.5. The molecule has 0 aliphatic carbocycles. The standard InChI is InChI=1S/C22H22F2N4O4/c1-13(22(2,3)31)26-19(29)17-11-18(14-6-8-16(9-7-14)32-21(23)24)27-28(20(17)30)15-5-4-10-25-12-15/h4-13,21,31H,1-3H3,(H,26,29). The summed E-state index contributed by atoms with van der Waals surface area (Å²) in [5.74, 6) is -0.732. The molecule has 0 fully saturated rings. The lowest BCUT2D eigenvalue weighted by Crippen LogP contribution is -2.48. The highest BCUT2D eigenvalue weighted by atomic mass is 19.3. The van der Waals surface area contributed by atoms with Crippen LogP contribution in [0.3, 0.4) is 0 Å². The van der Waals surface area contributed by atoms with E-state index >= 15 is 0 Å². The molecule has 3 aromatic rings. The summed E-state index contributed by atoms with van der Waals surface area (Å²) in [6.45, 7) is 1.72. The Balaban J connectivity index is 2.09. The molecule has 2 aromatic heterocycles. The van der Waals surface area contributed by atoms with Gasteiger partial charge in [0.2, 0.25) is 0 Å². The highest BCUT2D eigenvalue weighted by Crippen LogP contribution is 2.22. The molecule has 10 heteroatoms. The lowest BCUT2D eigenvalue weighted by Gasteiger charge is -2.26. The van der Waals surface area contributed by atoms with E-state index in [1.54, 1.807) is 19.1 Å². The van der Waals surface area contributed by atoms with E-state index in [0.29, 0.717) is 11.3 Å². The lowest BCUT2D eigenvalue weighted by atomic mass is 10.0. The van der Waals surface area contributed by atoms with Gasteiger partial charge in [-0.25, -0.2) is 0 Å². The number of alkyl halides is 2. The van der Waals surface area contributed by atoms with E-state index in [1.807, 2.05) is 0 Å². The van der Waals surface area contributed by atoms with E-state index < -0.39 is 29.7 Å². The van der Waals surface area contributed by atoms with Crippen molar-refractivity contribution in [2.24, 2.45) is 0 Å². The van der Waals surface area contributed by atoms with Gasteiger partial charge in [-0.05, 0) is 63.2 Å². The van der Waals surface area contributed by atoms with Crippen molar-refractivity contribution in [1.29, 1.82) is 0 Å². The van der Waals surface area contributed by atoms with Crippen LogP contribution in [0.1, 0.15) is 31.1 Å². The molecule has 0 aliphatic rings. The first-order chi connectivity index (χ1) is 15.1. The van der Waals surface area contributed by atoms with Crippen LogP contribution in [0.4, 0.5) is 8.78 Å². The van der Waals surface area contributed by atoms with Crippen LogP contribution >= 0.6 is 0 Å². The van der Waals surface area contributed by atoms with E-state index in [0.717, 1.165) is 4.68 Å². The number of hydrogen-bond donors (Lipinski definition) is 2. The number of benzene rings is 1. The maximum atomic E-state index is 13.0. The van der Waals surface area contributed by atoms with Crippen LogP contribution in [0.2, 0.25) is 0 Å². The lowest BCUT2D eigenvalue weighted by molar-refractivity contribution is -0.0498. The summed E-state index contributed by atoms with van der Waals surface area (Å²) >= 11 is 0. The predicted molar refractivity (Wildman–Crippen MR) is 113 cm³/mol. The van der Waals surface area contributed by atoms with Gasteiger partial charge in [-0.15, -0.1) is 0 Å². The van der Waals surface area contributed by atoms with Gasteiger partial charge < -0.3 is 15.2 Å². The van der Waals surface area contributed by atoms with Crippen molar-refractivity contribution in [3.63, 3.8) is 0 Å². The number of nitrogens with zero attached hydrogens (tertiary/aromatic N) is 3. The molecule has 2 heterocycles. The third-order valence-corrected chi connectivity index (χ3v) is 4.83. The van der Waals surface area contributed by atoms with Crippen LogP contribution in [0.5, 0.6) is 5.75 Å². The normalized spacial score (nSPS) is 12.5. The first-order valence-electron chi connectivity index (χ1n) is 9.69. The second-order valence-corrected chi connectivity index (χ2v) is 7.62. The Kier molecular flexibility index (Phi) is 6.64. The van der Waals surface area contributed by atoms with Crippen LogP contribution < -0.4 is 15.6 Å². The number of hydrogen-bond acceptors (Lipinski definition) is 6. The number of rotatable bonds is 7. The number of carbonyl (C=O) groups excluding carboxylic acids is 1. The van der Waals surface area contributed by atoms with Gasteiger partial charge >= 0.3 is 6.61 Å². The summed E-state index contributed by atoms with van der Waals surface area (Å²) in [7, 11) is 0. The van der Waals surface area contributed by atoms with Gasteiger partial charge in [0.1, 0.15) is 11.3 Å². The van der Waals surface area contributed by atoms with Gasteiger partial charge in [-0.3, -0.25) is 14.6 Å². The Morgan fingerprint density at radius 2 is 1.91 bits per heavy atom. The Labute approximate surface area is 182 Å². The molecule has 1 aromatic carbocycles. The van der Waals surface area contributed by atoms with Gasteiger partial charge in [0.15, 0.2) is 0 Å². The van der Waals surface area contributed by atoms with Gasteiger partial charge in [-0.1, -0.05) is 0 Å². The minimum Gasteiger partial charge on any atom is -0.435 e. The summed E-state index contributed by atoms with van der Waals surface area (Å²) in [5.41, 5.74) is -1.05. The average Bonchev–Trinajstić information content (AvgIpc) is 2.74. The number of amides is 1. The molecule has 1 unspecified atom stereocenters. The summed E-state index contributed by atoms with van der Waals surface area (Å²) in [6.07, 6.45) is 2.94. The summed E-state index contributed by atoms with van der Waals surface area (Å²) in [4.78, 5) is 29.9. The summed E-state index contributed by atoms with van der Waals surface area (Å²) in [5, 5.41) is 17.1. The maximum absolute atomic E-state index is 13.0. The monoisotopic (exact) mass is 444 g/mol. The van der Waals surface area contributed by atoms with Crippen LogP contribution in [-0.4, -0.2) is 44.0 Å². The molecule has 0 saturated carbocycles. The molecule has 0 spiro atoms. The molecule has 3 rings (SSSR count). The number of halogens is 2. The van der Waals surface area contributed by atoms with Crippen LogP contribution in [0, 0.1) is 0 Å². The predicted octanol–water partition coefficient (Wildman–Crippen LogP) is 2.79. The molecule has 0 aliphatic heterocycles. The van der Waals surface area contributed by atoms with Crippen molar-refractivity contribution in [3.05, 3.63) is 70.8 Å². The molecule has 0 saturated heterocycles. The highest BCUT2D eigenvalue weighted by Gasteiger charge is 2.26. The first kappa shape index (κ1) is 23.0. The fraction of sp³-hybridized carbons (Fsp3) is 0.273. The minimum absolute atomic E-state index is 0.0405. The van der Waals surface area contributed by atoms with Crippen molar-refractivity contribution >= 4 is 5.91 Å². The topological polar surface area (TPSA) is 106 Å². The van der Waals surface area contributed by atoms with Gasteiger partial charge in [-0.2, -0.15) is 18.6 Å². The Morgan fingerprint density at radius 3 is 2.47 bits per heavy atom. The number of pyridine rings is 1. The molecule has 0 bridgehead atoms. The number of aromatic nitrogens is 3. The Hall–Kier alpha value is -3.66.